The zero-order valence-electron chi connectivity index (χ0n) is 9.20. The number of rotatable bonds is 5. The first-order valence-corrected chi connectivity index (χ1v) is 5.59. The SMILES string of the molecule is CNC(=O)C(C)(C)CNCc1csnn1. The highest BCUT2D eigenvalue weighted by atomic mass is 32.1. The summed E-state index contributed by atoms with van der Waals surface area (Å²) in [5, 5.41) is 11.6. The third-order valence-corrected chi connectivity index (χ3v) is 2.67. The molecule has 1 aromatic heterocycles. The van der Waals surface area contributed by atoms with Crippen LogP contribution < -0.4 is 10.6 Å². The Balaban J connectivity index is 2.33. The minimum Gasteiger partial charge on any atom is -0.359 e. The van der Waals surface area contributed by atoms with Crippen LogP contribution in [0.4, 0.5) is 0 Å². The molecule has 0 saturated heterocycles. The van der Waals surface area contributed by atoms with E-state index in [9.17, 15) is 4.79 Å². The van der Waals surface area contributed by atoms with Gasteiger partial charge in [0.2, 0.25) is 5.91 Å². The lowest BCUT2D eigenvalue weighted by molar-refractivity contribution is -0.128. The van der Waals surface area contributed by atoms with Gasteiger partial charge in [-0.1, -0.05) is 4.49 Å². The first-order valence-electron chi connectivity index (χ1n) is 4.75. The topological polar surface area (TPSA) is 66.9 Å². The molecular formula is C9H16N4OS. The molecule has 1 amide bonds. The summed E-state index contributed by atoms with van der Waals surface area (Å²) in [6.45, 7) is 5.07. The summed E-state index contributed by atoms with van der Waals surface area (Å²) < 4.78 is 3.76. The Kier molecular flexibility index (Phi) is 4.16. The van der Waals surface area contributed by atoms with E-state index in [0.29, 0.717) is 13.1 Å². The number of amides is 1. The molecule has 0 fully saturated rings. The third kappa shape index (κ3) is 3.56. The molecule has 0 saturated carbocycles. The van der Waals surface area contributed by atoms with Crippen LogP contribution in [0.3, 0.4) is 0 Å². The highest BCUT2D eigenvalue weighted by Gasteiger charge is 2.25. The van der Waals surface area contributed by atoms with Crippen molar-refractivity contribution in [3.8, 4) is 0 Å². The first kappa shape index (κ1) is 12.1. The van der Waals surface area contributed by atoms with Gasteiger partial charge in [-0.25, -0.2) is 0 Å². The molecule has 5 nitrogen and oxygen atoms in total. The van der Waals surface area contributed by atoms with E-state index in [-0.39, 0.29) is 5.91 Å². The number of nitrogens with one attached hydrogen (secondary N) is 2. The predicted molar refractivity (Wildman–Crippen MR) is 59.5 cm³/mol. The van der Waals surface area contributed by atoms with Crippen molar-refractivity contribution in [2.75, 3.05) is 13.6 Å². The molecule has 84 valence electrons. The zero-order chi connectivity index (χ0) is 11.3. The number of nitrogens with zero attached hydrogens (tertiary/aromatic N) is 2. The van der Waals surface area contributed by atoms with E-state index in [4.69, 9.17) is 0 Å². The van der Waals surface area contributed by atoms with Crippen LogP contribution in [0.5, 0.6) is 0 Å². The van der Waals surface area contributed by atoms with Crippen molar-refractivity contribution in [3.05, 3.63) is 11.1 Å². The van der Waals surface area contributed by atoms with E-state index >= 15 is 0 Å². The molecule has 1 rings (SSSR count). The van der Waals surface area contributed by atoms with Gasteiger partial charge in [0.05, 0.1) is 11.1 Å². The monoisotopic (exact) mass is 228 g/mol. The van der Waals surface area contributed by atoms with E-state index in [1.807, 2.05) is 19.2 Å². The van der Waals surface area contributed by atoms with E-state index in [1.165, 1.54) is 11.5 Å². The molecule has 1 heterocycles. The van der Waals surface area contributed by atoms with Crippen molar-refractivity contribution >= 4 is 17.4 Å². The summed E-state index contributed by atoms with van der Waals surface area (Å²) in [6.07, 6.45) is 0. The van der Waals surface area contributed by atoms with Gasteiger partial charge in [0, 0.05) is 25.5 Å². The summed E-state index contributed by atoms with van der Waals surface area (Å²) in [5.74, 6) is 0.0337. The number of carbonyl (C=O) groups is 1. The van der Waals surface area contributed by atoms with Crippen LogP contribution >= 0.6 is 11.5 Å². The second-order valence-corrected chi connectivity index (χ2v) is 4.57. The maximum absolute atomic E-state index is 11.4. The Hall–Kier alpha value is -1.01. The molecule has 6 heteroatoms. The third-order valence-electron chi connectivity index (χ3n) is 2.12. The van der Waals surface area contributed by atoms with Crippen LogP contribution in [0, 0.1) is 5.41 Å². The molecule has 2 N–H and O–H groups in total. The van der Waals surface area contributed by atoms with Crippen LogP contribution in [-0.4, -0.2) is 29.1 Å². The second kappa shape index (κ2) is 5.18. The number of carbonyl (C=O) groups excluding carboxylic acids is 1. The minimum atomic E-state index is -0.405. The fourth-order valence-electron chi connectivity index (χ4n) is 1.18. The maximum Gasteiger partial charge on any atom is 0.226 e. The smallest absolute Gasteiger partial charge is 0.226 e. The second-order valence-electron chi connectivity index (χ2n) is 3.96. The normalized spacial score (nSPS) is 11.4. The van der Waals surface area contributed by atoms with Crippen LogP contribution in [-0.2, 0) is 11.3 Å². The van der Waals surface area contributed by atoms with E-state index in [2.05, 4.69) is 20.2 Å². The van der Waals surface area contributed by atoms with Gasteiger partial charge in [0.1, 0.15) is 0 Å². The average molecular weight is 228 g/mol. The Bertz CT molecular complexity index is 310. The van der Waals surface area contributed by atoms with Crippen LogP contribution in [0.15, 0.2) is 5.38 Å². The molecule has 0 aromatic carbocycles. The van der Waals surface area contributed by atoms with Gasteiger partial charge in [0.25, 0.3) is 0 Å². The van der Waals surface area contributed by atoms with Gasteiger partial charge < -0.3 is 10.6 Å². The van der Waals surface area contributed by atoms with Gasteiger partial charge in [-0.3, -0.25) is 4.79 Å². The molecule has 0 spiro atoms. The molecule has 0 aliphatic heterocycles. The molecule has 0 unspecified atom stereocenters. The van der Waals surface area contributed by atoms with Crippen LogP contribution in [0.25, 0.3) is 0 Å². The predicted octanol–water partition coefficient (Wildman–Crippen LogP) is 0.400. The Labute approximate surface area is 93.4 Å². The zero-order valence-corrected chi connectivity index (χ0v) is 10.0. The van der Waals surface area contributed by atoms with Gasteiger partial charge >= 0.3 is 0 Å². The van der Waals surface area contributed by atoms with Crippen molar-refractivity contribution < 1.29 is 4.79 Å². The molecule has 0 atom stereocenters. The minimum absolute atomic E-state index is 0.0337. The standard InChI is InChI=1S/C9H16N4OS/c1-9(2,8(14)10-3)6-11-4-7-5-15-13-12-7/h5,11H,4,6H2,1-3H3,(H,10,14). The average Bonchev–Trinajstić information content (AvgIpc) is 2.69. The summed E-state index contributed by atoms with van der Waals surface area (Å²) >= 11 is 1.33. The molecule has 0 bridgehead atoms. The lowest BCUT2D eigenvalue weighted by Crippen LogP contribution is -2.41. The summed E-state index contributed by atoms with van der Waals surface area (Å²) in [4.78, 5) is 11.4. The lowest BCUT2D eigenvalue weighted by atomic mass is 9.92. The van der Waals surface area contributed by atoms with Gasteiger partial charge in [0.15, 0.2) is 0 Å². The van der Waals surface area contributed by atoms with Crippen molar-refractivity contribution in [1.29, 1.82) is 0 Å². The summed E-state index contributed by atoms with van der Waals surface area (Å²) in [7, 11) is 1.65. The number of aromatic nitrogens is 2. The largest absolute Gasteiger partial charge is 0.359 e. The first-order chi connectivity index (χ1) is 7.06. The van der Waals surface area contributed by atoms with Gasteiger partial charge in [-0.05, 0) is 25.4 Å². The molecule has 0 radical (unpaired) electrons. The Morgan fingerprint density at radius 3 is 2.87 bits per heavy atom. The summed E-state index contributed by atoms with van der Waals surface area (Å²) in [6, 6.07) is 0. The van der Waals surface area contributed by atoms with Crippen LogP contribution in [0.2, 0.25) is 0 Å². The maximum atomic E-state index is 11.4. The van der Waals surface area contributed by atoms with E-state index in [0.717, 1.165) is 5.69 Å². The Morgan fingerprint density at radius 1 is 1.60 bits per heavy atom. The number of hydrogen-bond donors (Lipinski definition) is 2. The molecule has 1 aromatic rings. The Morgan fingerprint density at radius 2 is 2.33 bits per heavy atom. The molecule has 15 heavy (non-hydrogen) atoms. The molecule has 0 aliphatic rings. The highest BCUT2D eigenvalue weighted by molar-refractivity contribution is 7.03. The molecular weight excluding hydrogens is 212 g/mol. The quantitative estimate of drug-likeness (QED) is 0.765. The number of hydrogen-bond acceptors (Lipinski definition) is 5. The van der Waals surface area contributed by atoms with Crippen LogP contribution in [0.1, 0.15) is 19.5 Å². The lowest BCUT2D eigenvalue weighted by Gasteiger charge is -2.22. The van der Waals surface area contributed by atoms with E-state index < -0.39 is 5.41 Å². The van der Waals surface area contributed by atoms with Crippen molar-refractivity contribution in [2.45, 2.75) is 20.4 Å². The van der Waals surface area contributed by atoms with E-state index in [1.54, 1.807) is 7.05 Å². The van der Waals surface area contributed by atoms with Gasteiger partial charge in [-0.15, -0.1) is 5.10 Å². The van der Waals surface area contributed by atoms with Crippen molar-refractivity contribution in [1.82, 2.24) is 20.2 Å². The molecule has 0 aliphatic carbocycles. The van der Waals surface area contributed by atoms with Gasteiger partial charge in [-0.2, -0.15) is 0 Å². The fraction of sp³-hybridized carbons (Fsp3) is 0.667. The summed E-state index contributed by atoms with van der Waals surface area (Å²) in [5.41, 5.74) is 0.505. The van der Waals surface area contributed by atoms with Crippen molar-refractivity contribution in [3.63, 3.8) is 0 Å². The highest BCUT2D eigenvalue weighted by Crippen LogP contribution is 2.13. The van der Waals surface area contributed by atoms with Crippen molar-refractivity contribution in [2.24, 2.45) is 5.41 Å². The fourth-order valence-corrected chi connectivity index (χ4v) is 1.63.